The van der Waals surface area contributed by atoms with Gasteiger partial charge < -0.3 is 5.32 Å². The maximum atomic E-state index is 11.3. The third kappa shape index (κ3) is 3.22. The topological polar surface area (TPSA) is 42.0 Å². The summed E-state index contributed by atoms with van der Waals surface area (Å²) in [5, 5.41) is 3.15. The van der Waals surface area contributed by atoms with E-state index in [1.165, 1.54) is 6.20 Å². The number of carbonyl (C=O) groups is 1. The summed E-state index contributed by atoms with van der Waals surface area (Å²) in [6.45, 7) is 1.74. The molecule has 0 bridgehead atoms. The molecule has 0 aliphatic rings. The van der Waals surface area contributed by atoms with Gasteiger partial charge in [0, 0.05) is 6.20 Å². The van der Waals surface area contributed by atoms with Gasteiger partial charge in [-0.25, -0.2) is 4.98 Å². The summed E-state index contributed by atoms with van der Waals surface area (Å²) in [7, 11) is 0. The molecule has 1 aromatic rings. The molecule has 1 aromatic heterocycles. The largest absolute Gasteiger partial charge is 0.323 e. The molecule has 0 radical (unpaired) electrons. The number of nitrogens with zero attached hydrogens (tertiary/aromatic N) is 1. The fourth-order valence-corrected chi connectivity index (χ4v) is 1.33. The Morgan fingerprint density at radius 3 is 2.93 bits per heavy atom. The van der Waals surface area contributed by atoms with E-state index in [1.54, 1.807) is 13.0 Å². The van der Waals surface area contributed by atoms with Crippen molar-refractivity contribution < 1.29 is 4.79 Å². The minimum atomic E-state index is -0.256. The maximum Gasteiger partial charge on any atom is 0.237 e. The van der Waals surface area contributed by atoms with Crippen molar-refractivity contribution in [2.75, 3.05) is 5.32 Å². The number of aromatic nitrogens is 1. The van der Waals surface area contributed by atoms with Crippen molar-refractivity contribution in [3.63, 3.8) is 0 Å². The highest BCUT2D eigenvalue weighted by molar-refractivity contribution is 9.10. The number of pyridine rings is 1. The van der Waals surface area contributed by atoms with Gasteiger partial charge in [-0.15, -0.1) is 0 Å². The van der Waals surface area contributed by atoms with Gasteiger partial charge in [0.25, 0.3) is 0 Å². The van der Waals surface area contributed by atoms with E-state index in [9.17, 15) is 4.79 Å². The Hall–Kier alpha value is -0.130. The second kappa shape index (κ2) is 5.09. The van der Waals surface area contributed by atoms with Gasteiger partial charge in [0.05, 0.1) is 15.5 Å². The highest BCUT2D eigenvalue weighted by Crippen LogP contribution is 2.23. The molecule has 14 heavy (non-hydrogen) atoms. The van der Waals surface area contributed by atoms with E-state index in [0.717, 1.165) is 0 Å². The average molecular weight is 342 g/mol. The fraction of sp³-hybridized carbons (Fsp3) is 0.250. The van der Waals surface area contributed by atoms with Gasteiger partial charge in [0.1, 0.15) is 4.60 Å². The van der Waals surface area contributed by atoms with E-state index in [-0.39, 0.29) is 10.7 Å². The highest BCUT2D eigenvalue weighted by atomic mass is 79.9. The van der Waals surface area contributed by atoms with E-state index in [0.29, 0.717) is 15.3 Å². The van der Waals surface area contributed by atoms with Crippen molar-refractivity contribution in [3.8, 4) is 0 Å². The molecule has 1 N–H and O–H groups in total. The van der Waals surface area contributed by atoms with Gasteiger partial charge in [-0.1, -0.05) is 27.5 Å². The molecule has 1 amide bonds. The lowest BCUT2D eigenvalue weighted by molar-refractivity contribution is -0.115. The summed E-state index contributed by atoms with van der Waals surface area (Å²) in [5.74, 6) is -0.144. The monoisotopic (exact) mass is 340 g/mol. The number of amides is 1. The summed E-state index contributed by atoms with van der Waals surface area (Å²) >= 11 is 12.1. The fourth-order valence-electron chi connectivity index (χ4n) is 0.742. The van der Waals surface area contributed by atoms with Crippen LogP contribution in [0.25, 0.3) is 0 Å². The molecule has 0 aliphatic heterocycles. The molecule has 0 aromatic carbocycles. The summed E-state index contributed by atoms with van der Waals surface area (Å²) in [4.78, 5) is 15.0. The third-order valence-corrected chi connectivity index (χ3v) is 2.68. The van der Waals surface area contributed by atoms with Crippen molar-refractivity contribution in [3.05, 3.63) is 21.9 Å². The van der Waals surface area contributed by atoms with Gasteiger partial charge >= 0.3 is 0 Å². The van der Waals surface area contributed by atoms with Crippen molar-refractivity contribution >= 4 is 55.1 Å². The molecule has 0 fully saturated rings. The van der Waals surface area contributed by atoms with Crippen LogP contribution in [0.15, 0.2) is 16.9 Å². The van der Waals surface area contributed by atoms with Crippen LogP contribution in [0.2, 0.25) is 5.02 Å². The first kappa shape index (κ1) is 11.9. The number of halogens is 3. The zero-order chi connectivity index (χ0) is 10.7. The Kier molecular flexibility index (Phi) is 4.34. The zero-order valence-corrected chi connectivity index (χ0v) is 11.1. The van der Waals surface area contributed by atoms with Crippen LogP contribution in [0.5, 0.6) is 0 Å². The van der Waals surface area contributed by atoms with Crippen molar-refractivity contribution in [2.24, 2.45) is 0 Å². The summed E-state index contributed by atoms with van der Waals surface area (Å²) < 4.78 is 0.559. The van der Waals surface area contributed by atoms with Crippen LogP contribution in [0.3, 0.4) is 0 Å². The lowest BCUT2D eigenvalue weighted by Crippen LogP contribution is -2.20. The van der Waals surface area contributed by atoms with Crippen LogP contribution in [0, 0.1) is 0 Å². The molecule has 6 heteroatoms. The first-order valence-electron chi connectivity index (χ1n) is 3.76. The average Bonchev–Trinajstić information content (AvgIpc) is 2.11. The van der Waals surface area contributed by atoms with Crippen LogP contribution in [-0.2, 0) is 4.79 Å². The van der Waals surface area contributed by atoms with Gasteiger partial charge in [-0.2, -0.15) is 0 Å². The second-order valence-electron chi connectivity index (χ2n) is 2.60. The number of hydrogen-bond donors (Lipinski definition) is 1. The summed E-state index contributed by atoms with van der Waals surface area (Å²) in [5.41, 5.74) is 0.564. The SMILES string of the molecule is CC(Br)C(=O)Nc1cc(Cl)cnc1Br. The second-order valence-corrected chi connectivity index (χ2v) is 5.16. The normalized spacial score (nSPS) is 12.3. The molecular weight excluding hydrogens is 335 g/mol. The third-order valence-electron chi connectivity index (χ3n) is 1.42. The molecule has 0 aliphatic carbocycles. The van der Waals surface area contributed by atoms with Crippen LogP contribution in [-0.4, -0.2) is 15.7 Å². The minimum Gasteiger partial charge on any atom is -0.323 e. The van der Waals surface area contributed by atoms with Crippen molar-refractivity contribution in [1.29, 1.82) is 0 Å². The van der Waals surface area contributed by atoms with Gasteiger partial charge in [0.2, 0.25) is 5.91 Å². The van der Waals surface area contributed by atoms with Crippen LogP contribution >= 0.6 is 43.5 Å². The van der Waals surface area contributed by atoms with Crippen LogP contribution in [0.4, 0.5) is 5.69 Å². The predicted octanol–water partition coefficient (Wildman–Crippen LogP) is 3.22. The van der Waals surface area contributed by atoms with Gasteiger partial charge in [0.15, 0.2) is 0 Å². The van der Waals surface area contributed by atoms with Crippen LogP contribution in [0.1, 0.15) is 6.92 Å². The lowest BCUT2D eigenvalue weighted by Gasteiger charge is -2.07. The molecule has 0 saturated heterocycles. The number of anilines is 1. The summed E-state index contributed by atoms with van der Waals surface area (Å²) in [6, 6.07) is 1.63. The number of alkyl halides is 1. The van der Waals surface area contributed by atoms with E-state index in [4.69, 9.17) is 11.6 Å². The Bertz CT molecular complexity index is 357. The van der Waals surface area contributed by atoms with E-state index < -0.39 is 0 Å². The molecule has 0 saturated carbocycles. The van der Waals surface area contributed by atoms with Crippen molar-refractivity contribution in [1.82, 2.24) is 4.98 Å². The first-order chi connectivity index (χ1) is 6.50. The van der Waals surface area contributed by atoms with Gasteiger partial charge in [-0.05, 0) is 28.9 Å². The molecule has 76 valence electrons. The van der Waals surface area contributed by atoms with Crippen molar-refractivity contribution in [2.45, 2.75) is 11.8 Å². The molecule has 0 spiro atoms. The Labute approximate surface area is 103 Å². The number of rotatable bonds is 2. The van der Waals surface area contributed by atoms with E-state index in [1.807, 2.05) is 0 Å². The smallest absolute Gasteiger partial charge is 0.237 e. The standard InChI is InChI=1S/C8H7Br2ClN2O/c1-4(9)8(14)13-6-2-5(11)3-12-7(6)10/h2-4H,1H3,(H,13,14). The van der Waals surface area contributed by atoms with E-state index >= 15 is 0 Å². The number of carbonyl (C=O) groups excluding carboxylic acids is 1. The Morgan fingerprint density at radius 2 is 2.36 bits per heavy atom. The molecule has 3 nitrogen and oxygen atoms in total. The first-order valence-corrected chi connectivity index (χ1v) is 5.85. The lowest BCUT2D eigenvalue weighted by atomic mass is 10.4. The predicted molar refractivity (Wildman–Crippen MR) is 64.0 cm³/mol. The van der Waals surface area contributed by atoms with Gasteiger partial charge in [-0.3, -0.25) is 4.79 Å². The molecule has 1 unspecified atom stereocenters. The van der Waals surface area contributed by atoms with E-state index in [2.05, 4.69) is 42.2 Å². The molecule has 1 atom stereocenters. The number of nitrogens with one attached hydrogen (secondary N) is 1. The maximum absolute atomic E-state index is 11.3. The number of hydrogen-bond acceptors (Lipinski definition) is 2. The Balaban J connectivity index is 2.86. The Morgan fingerprint density at radius 1 is 1.71 bits per heavy atom. The highest BCUT2D eigenvalue weighted by Gasteiger charge is 2.11. The molecule has 1 heterocycles. The molecule has 1 rings (SSSR count). The van der Waals surface area contributed by atoms with Crippen LogP contribution < -0.4 is 5.32 Å². The molecular formula is C8H7Br2ClN2O. The minimum absolute atomic E-state index is 0.144. The quantitative estimate of drug-likeness (QED) is 0.662. The zero-order valence-electron chi connectivity index (χ0n) is 7.22. The summed E-state index contributed by atoms with van der Waals surface area (Å²) in [6.07, 6.45) is 1.50.